The van der Waals surface area contributed by atoms with E-state index in [1.54, 1.807) is 74.9 Å². The van der Waals surface area contributed by atoms with Gasteiger partial charge in [-0.15, -0.1) is 0 Å². The van der Waals surface area contributed by atoms with Gasteiger partial charge in [-0.25, -0.2) is 0 Å². The lowest BCUT2D eigenvalue weighted by Gasteiger charge is -2.13. The maximum absolute atomic E-state index is 13.3. The Morgan fingerprint density at radius 2 is 1.55 bits per heavy atom. The fourth-order valence-corrected chi connectivity index (χ4v) is 3.52. The zero-order valence-corrected chi connectivity index (χ0v) is 19.1. The third kappa shape index (κ3) is 4.56. The fraction of sp³-hybridized carbons (Fsp3) is 0.154. The number of methoxy groups -OCH3 is 2. The van der Waals surface area contributed by atoms with Crippen LogP contribution in [-0.2, 0) is 0 Å². The van der Waals surface area contributed by atoms with Gasteiger partial charge in [-0.3, -0.25) is 9.59 Å². The fourth-order valence-electron chi connectivity index (χ4n) is 3.36. The van der Waals surface area contributed by atoms with E-state index in [0.29, 0.717) is 33.2 Å². The summed E-state index contributed by atoms with van der Waals surface area (Å²) in [6, 6.07) is 16.9. The van der Waals surface area contributed by atoms with E-state index in [2.05, 4.69) is 0 Å². The van der Waals surface area contributed by atoms with Gasteiger partial charge in [0.05, 0.1) is 19.6 Å². The summed E-state index contributed by atoms with van der Waals surface area (Å²) in [7, 11) is 3.12. The highest BCUT2D eigenvalue weighted by atomic mass is 35.5. The highest BCUT2D eigenvalue weighted by Gasteiger charge is 2.20. The van der Waals surface area contributed by atoms with Crippen molar-refractivity contribution in [3.05, 3.63) is 87.0 Å². The maximum atomic E-state index is 13.3. The number of hydrogen-bond donors (Lipinski definition) is 0. The molecule has 0 unspecified atom stereocenters. The summed E-state index contributed by atoms with van der Waals surface area (Å²) < 4.78 is 22.2. The molecule has 0 bridgehead atoms. The Kier molecular flexibility index (Phi) is 6.38. The van der Waals surface area contributed by atoms with Gasteiger partial charge >= 0.3 is 0 Å². The Morgan fingerprint density at radius 3 is 2.15 bits per heavy atom. The number of ether oxygens (including phenoxy) is 3. The average molecular weight is 465 g/mol. The molecule has 168 valence electrons. The van der Waals surface area contributed by atoms with E-state index in [1.807, 2.05) is 6.92 Å². The minimum atomic E-state index is -0.411. The molecular formula is C26H21ClO6. The number of hydrogen-bond acceptors (Lipinski definition) is 6. The lowest BCUT2D eigenvalue weighted by Crippen LogP contribution is -2.17. The normalized spacial score (nSPS) is 10.8. The molecule has 0 atom stereocenters. The van der Waals surface area contributed by atoms with Gasteiger partial charge in [-0.1, -0.05) is 11.6 Å². The van der Waals surface area contributed by atoms with E-state index in [4.69, 9.17) is 30.2 Å². The van der Waals surface area contributed by atoms with Gasteiger partial charge in [0, 0.05) is 16.1 Å². The van der Waals surface area contributed by atoms with Crippen molar-refractivity contribution in [1.29, 1.82) is 0 Å². The molecule has 0 radical (unpaired) electrons. The highest BCUT2D eigenvalue weighted by Crippen LogP contribution is 2.33. The molecular weight excluding hydrogens is 444 g/mol. The van der Waals surface area contributed by atoms with E-state index >= 15 is 0 Å². The molecule has 7 heteroatoms. The van der Waals surface area contributed by atoms with Crippen LogP contribution in [0.4, 0.5) is 0 Å². The standard InChI is InChI=1S/C26H21ClO6/c1-15-12-23-20(13-21(15)27)24(29)26(25(33-23)17-6-10-19(31-3)11-7-17)32-14-22(28)16-4-8-18(30-2)9-5-16/h4-13H,14H2,1-3H3. The summed E-state index contributed by atoms with van der Waals surface area (Å²) >= 11 is 6.23. The zero-order chi connectivity index (χ0) is 23.5. The highest BCUT2D eigenvalue weighted by molar-refractivity contribution is 6.32. The minimum Gasteiger partial charge on any atom is -0.497 e. The zero-order valence-electron chi connectivity index (χ0n) is 18.3. The Bertz CT molecular complexity index is 1370. The SMILES string of the molecule is COc1ccc(C(=O)COc2c(-c3ccc(OC)cc3)oc3cc(C)c(Cl)cc3c2=O)cc1. The number of fused-ring (bicyclic) bond motifs is 1. The number of halogens is 1. The maximum Gasteiger partial charge on any atom is 0.235 e. The first-order chi connectivity index (χ1) is 15.9. The summed E-state index contributed by atoms with van der Waals surface area (Å²) in [5, 5.41) is 0.710. The van der Waals surface area contributed by atoms with Gasteiger partial charge < -0.3 is 18.6 Å². The molecule has 0 saturated carbocycles. The molecule has 0 fully saturated rings. The Labute approximate surface area is 195 Å². The second-order valence-corrected chi connectivity index (χ2v) is 7.76. The summed E-state index contributed by atoms with van der Waals surface area (Å²) in [5.41, 5.74) is 1.78. The van der Waals surface area contributed by atoms with Crippen LogP contribution in [0.5, 0.6) is 17.2 Å². The number of benzene rings is 3. The second-order valence-electron chi connectivity index (χ2n) is 7.36. The van der Waals surface area contributed by atoms with Crippen LogP contribution in [0, 0.1) is 6.92 Å². The number of Topliss-reactive ketones (excluding diaryl/α,β-unsaturated/α-hetero) is 1. The summed E-state index contributed by atoms with van der Waals surface area (Å²) in [5.74, 6) is 1.16. The van der Waals surface area contributed by atoms with Crippen LogP contribution < -0.4 is 19.6 Å². The van der Waals surface area contributed by atoms with E-state index < -0.39 is 5.43 Å². The van der Waals surface area contributed by atoms with Gasteiger partial charge in [-0.2, -0.15) is 0 Å². The third-order valence-electron chi connectivity index (χ3n) is 5.24. The molecule has 3 aromatic carbocycles. The Balaban J connectivity index is 1.76. The van der Waals surface area contributed by atoms with Crippen LogP contribution >= 0.6 is 11.6 Å². The summed E-state index contributed by atoms with van der Waals surface area (Å²) in [6.07, 6.45) is 0. The predicted octanol–water partition coefficient (Wildman–Crippen LogP) is 5.70. The molecule has 0 aliphatic rings. The van der Waals surface area contributed by atoms with E-state index in [0.717, 1.165) is 5.56 Å². The van der Waals surface area contributed by atoms with Gasteiger partial charge in [0.15, 0.2) is 18.2 Å². The lowest BCUT2D eigenvalue weighted by molar-refractivity contribution is 0.0920. The Morgan fingerprint density at radius 1 is 0.939 bits per heavy atom. The van der Waals surface area contributed by atoms with Gasteiger partial charge in [0.2, 0.25) is 11.2 Å². The largest absolute Gasteiger partial charge is 0.497 e. The molecule has 4 rings (SSSR count). The second kappa shape index (κ2) is 9.38. The van der Waals surface area contributed by atoms with E-state index in [-0.39, 0.29) is 29.3 Å². The topological polar surface area (TPSA) is 75.0 Å². The van der Waals surface area contributed by atoms with E-state index in [9.17, 15) is 9.59 Å². The smallest absolute Gasteiger partial charge is 0.235 e. The molecule has 0 saturated heterocycles. The monoisotopic (exact) mass is 464 g/mol. The molecule has 0 amide bonds. The van der Waals surface area contributed by atoms with Crippen LogP contribution in [0.1, 0.15) is 15.9 Å². The van der Waals surface area contributed by atoms with Crippen molar-refractivity contribution in [3.63, 3.8) is 0 Å². The van der Waals surface area contributed by atoms with Crippen molar-refractivity contribution in [3.8, 4) is 28.6 Å². The number of carbonyl (C=O) groups excluding carboxylic acids is 1. The van der Waals surface area contributed by atoms with Crippen LogP contribution in [0.15, 0.2) is 69.9 Å². The van der Waals surface area contributed by atoms with Crippen molar-refractivity contribution in [2.45, 2.75) is 6.92 Å². The van der Waals surface area contributed by atoms with Crippen LogP contribution in [0.2, 0.25) is 5.02 Å². The van der Waals surface area contributed by atoms with Crippen molar-refractivity contribution in [2.75, 3.05) is 20.8 Å². The quantitative estimate of drug-likeness (QED) is 0.326. The lowest BCUT2D eigenvalue weighted by atomic mass is 10.1. The molecule has 0 aliphatic heterocycles. The first-order valence-corrected chi connectivity index (χ1v) is 10.5. The number of rotatable bonds is 7. The van der Waals surface area contributed by atoms with Crippen LogP contribution in [0.25, 0.3) is 22.3 Å². The van der Waals surface area contributed by atoms with Crippen molar-refractivity contribution < 1.29 is 23.4 Å². The van der Waals surface area contributed by atoms with Crippen LogP contribution in [0.3, 0.4) is 0 Å². The Hall–Kier alpha value is -3.77. The number of carbonyl (C=O) groups is 1. The van der Waals surface area contributed by atoms with Crippen molar-refractivity contribution >= 4 is 28.4 Å². The van der Waals surface area contributed by atoms with Crippen LogP contribution in [-0.4, -0.2) is 26.6 Å². The van der Waals surface area contributed by atoms with Crippen molar-refractivity contribution in [1.82, 2.24) is 0 Å². The molecule has 1 aromatic heterocycles. The van der Waals surface area contributed by atoms with Crippen molar-refractivity contribution in [2.24, 2.45) is 0 Å². The molecule has 0 aliphatic carbocycles. The molecule has 33 heavy (non-hydrogen) atoms. The number of aryl methyl sites for hydroxylation is 1. The molecule has 0 N–H and O–H groups in total. The molecule has 6 nitrogen and oxygen atoms in total. The van der Waals surface area contributed by atoms with Gasteiger partial charge in [0.1, 0.15) is 17.1 Å². The molecule has 4 aromatic rings. The van der Waals surface area contributed by atoms with E-state index in [1.165, 1.54) is 0 Å². The van der Waals surface area contributed by atoms with Gasteiger partial charge in [-0.05, 0) is 73.2 Å². The average Bonchev–Trinajstić information content (AvgIpc) is 2.84. The third-order valence-corrected chi connectivity index (χ3v) is 5.65. The molecule has 1 heterocycles. The van der Waals surface area contributed by atoms with Gasteiger partial charge in [0.25, 0.3) is 0 Å². The summed E-state index contributed by atoms with van der Waals surface area (Å²) in [4.78, 5) is 26.0. The first kappa shape index (κ1) is 22.4. The molecule has 0 spiro atoms. The predicted molar refractivity (Wildman–Crippen MR) is 127 cm³/mol. The number of ketones is 1. The summed E-state index contributed by atoms with van der Waals surface area (Å²) in [6.45, 7) is 1.48. The minimum absolute atomic E-state index is 0.0607. The first-order valence-electron chi connectivity index (χ1n) is 10.1.